The summed E-state index contributed by atoms with van der Waals surface area (Å²) in [7, 11) is 0. The van der Waals surface area contributed by atoms with Crippen LogP contribution in [0.3, 0.4) is 0 Å². The first-order valence-electron chi connectivity index (χ1n) is 8.03. The average molecular weight is 388 g/mol. The fraction of sp³-hybridized carbons (Fsp3) is 0. The molecule has 0 aliphatic heterocycles. The molecule has 0 atom stereocenters. The molecule has 3 aromatic rings. The Hall–Kier alpha value is -3.83. The number of hydrogen-bond acceptors (Lipinski definition) is 7. The SMILES string of the molecule is N#Cc1ccc(C(=O)/C=C/c2ccc(Sc3ncccn3)c([N+](=O)[O-])c2)cc1. The molecule has 0 radical (unpaired) electrons. The molecule has 0 aliphatic rings. The topological polar surface area (TPSA) is 110 Å². The molecule has 0 saturated heterocycles. The largest absolute Gasteiger partial charge is 0.289 e. The molecule has 136 valence electrons. The third kappa shape index (κ3) is 4.66. The second-order valence-corrected chi connectivity index (χ2v) is 6.51. The molecule has 0 fully saturated rings. The van der Waals surface area contributed by atoms with Gasteiger partial charge in [0.25, 0.3) is 5.69 Å². The zero-order chi connectivity index (χ0) is 19.9. The van der Waals surface area contributed by atoms with Crippen molar-refractivity contribution in [2.75, 3.05) is 0 Å². The number of allylic oxidation sites excluding steroid dienone is 1. The van der Waals surface area contributed by atoms with Crippen molar-refractivity contribution in [2.24, 2.45) is 0 Å². The van der Waals surface area contributed by atoms with Gasteiger partial charge in [-0.1, -0.05) is 12.1 Å². The van der Waals surface area contributed by atoms with Crippen LogP contribution in [-0.2, 0) is 0 Å². The molecular formula is C20H12N4O3S. The molecule has 0 unspecified atom stereocenters. The molecule has 0 saturated carbocycles. The van der Waals surface area contributed by atoms with Crippen molar-refractivity contribution in [1.82, 2.24) is 9.97 Å². The van der Waals surface area contributed by atoms with Crippen LogP contribution in [-0.4, -0.2) is 20.7 Å². The molecule has 3 rings (SSSR count). The summed E-state index contributed by atoms with van der Waals surface area (Å²) < 4.78 is 0. The zero-order valence-electron chi connectivity index (χ0n) is 14.4. The number of rotatable bonds is 6. The lowest BCUT2D eigenvalue weighted by atomic mass is 10.1. The highest BCUT2D eigenvalue weighted by Crippen LogP contribution is 2.33. The maximum absolute atomic E-state index is 12.2. The van der Waals surface area contributed by atoms with Crippen molar-refractivity contribution in [3.8, 4) is 6.07 Å². The average Bonchev–Trinajstić information content (AvgIpc) is 2.73. The molecule has 0 amide bonds. The highest BCUT2D eigenvalue weighted by atomic mass is 32.2. The van der Waals surface area contributed by atoms with Crippen molar-refractivity contribution >= 4 is 29.3 Å². The number of nitriles is 1. The van der Waals surface area contributed by atoms with Crippen LogP contribution in [0.4, 0.5) is 5.69 Å². The van der Waals surface area contributed by atoms with Crippen LogP contribution in [0.15, 0.2) is 77.1 Å². The Labute approximate surface area is 164 Å². The molecule has 0 spiro atoms. The summed E-state index contributed by atoms with van der Waals surface area (Å²) >= 11 is 1.09. The van der Waals surface area contributed by atoms with E-state index in [4.69, 9.17) is 5.26 Å². The third-order valence-corrected chi connectivity index (χ3v) is 4.61. The van der Waals surface area contributed by atoms with Gasteiger partial charge in [0.15, 0.2) is 10.9 Å². The van der Waals surface area contributed by atoms with E-state index in [1.54, 1.807) is 54.9 Å². The Kier molecular flexibility index (Phi) is 5.89. The van der Waals surface area contributed by atoms with Gasteiger partial charge in [-0.05, 0) is 59.8 Å². The quantitative estimate of drug-likeness (QED) is 0.203. The Morgan fingerprint density at radius 3 is 2.50 bits per heavy atom. The van der Waals surface area contributed by atoms with Gasteiger partial charge < -0.3 is 0 Å². The van der Waals surface area contributed by atoms with Crippen molar-refractivity contribution < 1.29 is 9.72 Å². The predicted octanol–water partition coefficient (Wildman–Crippen LogP) is 4.30. The van der Waals surface area contributed by atoms with Crippen LogP contribution in [0.25, 0.3) is 6.08 Å². The fourth-order valence-electron chi connectivity index (χ4n) is 2.28. The summed E-state index contributed by atoms with van der Waals surface area (Å²) in [6.45, 7) is 0. The van der Waals surface area contributed by atoms with E-state index >= 15 is 0 Å². The van der Waals surface area contributed by atoms with E-state index in [0.717, 1.165) is 11.8 Å². The summed E-state index contributed by atoms with van der Waals surface area (Å²) in [5.74, 6) is -0.261. The molecule has 1 heterocycles. The second-order valence-electron chi connectivity index (χ2n) is 5.50. The number of aromatic nitrogens is 2. The standard InChI is InChI=1S/C20H12N4O3S/c21-13-15-2-6-16(7-3-15)18(25)8-4-14-5-9-19(17(12-14)24(26)27)28-20-22-10-1-11-23-20/h1-12H/b8-4+. The maximum Gasteiger partial charge on any atom is 0.283 e. The first-order chi connectivity index (χ1) is 13.6. The third-order valence-electron chi connectivity index (χ3n) is 3.65. The lowest BCUT2D eigenvalue weighted by Gasteiger charge is -2.03. The van der Waals surface area contributed by atoms with Crippen molar-refractivity contribution in [1.29, 1.82) is 5.26 Å². The molecule has 0 bridgehead atoms. The molecule has 7 nitrogen and oxygen atoms in total. The van der Waals surface area contributed by atoms with Gasteiger partial charge in [0, 0.05) is 24.0 Å². The minimum atomic E-state index is -0.481. The van der Waals surface area contributed by atoms with Crippen molar-refractivity contribution in [2.45, 2.75) is 10.1 Å². The lowest BCUT2D eigenvalue weighted by molar-refractivity contribution is -0.387. The van der Waals surface area contributed by atoms with E-state index in [0.29, 0.717) is 26.7 Å². The molecule has 0 aliphatic carbocycles. The van der Waals surface area contributed by atoms with E-state index < -0.39 is 4.92 Å². The smallest absolute Gasteiger partial charge is 0.283 e. The molecular weight excluding hydrogens is 376 g/mol. The van der Waals surface area contributed by atoms with E-state index in [1.807, 2.05) is 6.07 Å². The number of carbonyl (C=O) groups is 1. The monoisotopic (exact) mass is 388 g/mol. The van der Waals surface area contributed by atoms with Gasteiger partial charge in [0.2, 0.25) is 0 Å². The number of nitrogens with zero attached hydrogens (tertiary/aromatic N) is 4. The molecule has 28 heavy (non-hydrogen) atoms. The van der Waals surface area contributed by atoms with E-state index in [1.165, 1.54) is 18.2 Å². The summed E-state index contributed by atoms with van der Waals surface area (Å²) in [6, 6.07) is 14.6. The number of nitro groups is 1. The first-order valence-corrected chi connectivity index (χ1v) is 8.84. The summed E-state index contributed by atoms with van der Waals surface area (Å²) in [6.07, 6.45) is 5.98. The highest BCUT2D eigenvalue weighted by molar-refractivity contribution is 7.99. The van der Waals surface area contributed by atoms with Crippen LogP contribution in [0.2, 0.25) is 0 Å². The highest BCUT2D eigenvalue weighted by Gasteiger charge is 2.16. The fourth-order valence-corrected chi connectivity index (χ4v) is 3.08. The summed E-state index contributed by atoms with van der Waals surface area (Å²) in [5, 5.41) is 20.6. The Balaban J connectivity index is 1.81. The van der Waals surface area contributed by atoms with Crippen LogP contribution >= 0.6 is 11.8 Å². The maximum atomic E-state index is 12.2. The lowest BCUT2D eigenvalue weighted by Crippen LogP contribution is -1.95. The Morgan fingerprint density at radius 1 is 1.14 bits per heavy atom. The number of nitro benzene ring substituents is 1. The minimum Gasteiger partial charge on any atom is -0.289 e. The van der Waals surface area contributed by atoms with Gasteiger partial charge in [-0.3, -0.25) is 14.9 Å². The summed E-state index contributed by atoms with van der Waals surface area (Å²) in [5.41, 5.74) is 1.32. The van der Waals surface area contributed by atoms with E-state index in [-0.39, 0.29) is 11.5 Å². The number of benzene rings is 2. The van der Waals surface area contributed by atoms with Gasteiger partial charge in [0.05, 0.1) is 21.5 Å². The Bertz CT molecular complexity index is 1090. The van der Waals surface area contributed by atoms with Gasteiger partial charge in [-0.25, -0.2) is 9.97 Å². The molecule has 1 aromatic heterocycles. The van der Waals surface area contributed by atoms with Crippen LogP contribution in [0.5, 0.6) is 0 Å². The summed E-state index contributed by atoms with van der Waals surface area (Å²) in [4.78, 5) is 31.7. The van der Waals surface area contributed by atoms with Gasteiger partial charge in [-0.2, -0.15) is 5.26 Å². The van der Waals surface area contributed by atoms with E-state index in [2.05, 4.69) is 9.97 Å². The number of hydrogen-bond donors (Lipinski definition) is 0. The van der Waals surface area contributed by atoms with Crippen LogP contribution in [0.1, 0.15) is 21.5 Å². The van der Waals surface area contributed by atoms with Gasteiger partial charge in [0.1, 0.15) is 0 Å². The van der Waals surface area contributed by atoms with Gasteiger partial charge in [-0.15, -0.1) is 0 Å². The minimum absolute atomic E-state index is 0.0922. The van der Waals surface area contributed by atoms with Gasteiger partial charge >= 0.3 is 0 Å². The normalized spacial score (nSPS) is 10.5. The molecule has 0 N–H and O–H groups in total. The molecule has 2 aromatic carbocycles. The number of ketones is 1. The Morgan fingerprint density at radius 2 is 1.86 bits per heavy atom. The number of carbonyl (C=O) groups excluding carboxylic acids is 1. The molecule has 8 heteroatoms. The predicted molar refractivity (Wildman–Crippen MR) is 104 cm³/mol. The van der Waals surface area contributed by atoms with E-state index in [9.17, 15) is 14.9 Å². The van der Waals surface area contributed by atoms with Crippen LogP contribution < -0.4 is 0 Å². The van der Waals surface area contributed by atoms with Crippen molar-refractivity contribution in [3.63, 3.8) is 0 Å². The zero-order valence-corrected chi connectivity index (χ0v) is 15.2. The van der Waals surface area contributed by atoms with Crippen molar-refractivity contribution in [3.05, 3.63) is 93.8 Å². The first kappa shape index (κ1) is 18.9. The van der Waals surface area contributed by atoms with Crippen LogP contribution in [0, 0.1) is 21.4 Å². The second kappa shape index (κ2) is 8.70.